The molecule has 1 aromatic rings. The van der Waals surface area contributed by atoms with E-state index in [-0.39, 0.29) is 18.4 Å². The summed E-state index contributed by atoms with van der Waals surface area (Å²) < 4.78 is 27.3. The molecule has 2 fully saturated rings. The molecule has 0 unspecified atom stereocenters. The fourth-order valence-corrected chi connectivity index (χ4v) is 5.37. The van der Waals surface area contributed by atoms with Gasteiger partial charge in [0.2, 0.25) is 5.91 Å². The van der Waals surface area contributed by atoms with Gasteiger partial charge in [-0.3, -0.25) is 4.79 Å². The molecule has 0 spiro atoms. The van der Waals surface area contributed by atoms with E-state index in [1.54, 1.807) is 0 Å². The molecule has 1 amide bonds. The zero-order valence-corrected chi connectivity index (χ0v) is 18.6. The van der Waals surface area contributed by atoms with Crippen molar-refractivity contribution in [3.63, 3.8) is 0 Å². The van der Waals surface area contributed by atoms with Crippen molar-refractivity contribution in [2.24, 2.45) is 11.8 Å². The van der Waals surface area contributed by atoms with Crippen LogP contribution in [0.1, 0.15) is 38.2 Å². The molecule has 2 aliphatic heterocycles. The van der Waals surface area contributed by atoms with Crippen molar-refractivity contribution in [1.29, 1.82) is 0 Å². The zero-order chi connectivity index (χ0) is 21.0. The first-order valence-electron chi connectivity index (χ1n) is 10.6. The number of anilines is 1. The molecule has 0 aliphatic carbocycles. The Morgan fingerprint density at radius 3 is 2.45 bits per heavy atom. The first-order valence-corrected chi connectivity index (χ1v) is 12.0. The van der Waals surface area contributed by atoms with E-state index in [0.717, 1.165) is 31.0 Å². The molecule has 2 saturated heterocycles. The van der Waals surface area contributed by atoms with Gasteiger partial charge in [0.05, 0.1) is 5.92 Å². The number of piperidine rings is 2. The highest BCUT2D eigenvalue weighted by molar-refractivity contribution is 7.86. The van der Waals surface area contributed by atoms with Crippen molar-refractivity contribution in [1.82, 2.24) is 13.9 Å². The molecule has 0 aromatic heterocycles. The summed E-state index contributed by atoms with van der Waals surface area (Å²) in [5.41, 5.74) is 2.30. The Morgan fingerprint density at radius 2 is 1.79 bits per heavy atom. The zero-order valence-electron chi connectivity index (χ0n) is 17.8. The van der Waals surface area contributed by atoms with E-state index in [9.17, 15) is 13.2 Å². The number of benzene rings is 1. The van der Waals surface area contributed by atoms with Crippen LogP contribution in [0.5, 0.6) is 0 Å². The van der Waals surface area contributed by atoms with Crippen molar-refractivity contribution in [3.8, 4) is 0 Å². The van der Waals surface area contributed by atoms with Gasteiger partial charge in [0.15, 0.2) is 0 Å². The second kappa shape index (κ2) is 9.45. The monoisotopic (exact) mass is 422 g/mol. The van der Waals surface area contributed by atoms with E-state index >= 15 is 0 Å². The first-order chi connectivity index (χ1) is 13.8. The number of hydrogen-bond donors (Lipinski definition) is 1. The molecule has 3 rings (SSSR count). The average Bonchev–Trinajstić information content (AvgIpc) is 2.72. The van der Waals surface area contributed by atoms with Crippen LogP contribution in [0.4, 0.5) is 5.69 Å². The van der Waals surface area contributed by atoms with Gasteiger partial charge in [-0.1, -0.05) is 19.1 Å². The fourth-order valence-electron chi connectivity index (χ4n) is 4.18. The SMILES string of the molecule is C[C@H]1CCCN(c2ccc(CNC(=O)[C@H]3CCCN(S(=O)(=O)N(C)C)C3)cc2)C1. The summed E-state index contributed by atoms with van der Waals surface area (Å²) in [5.74, 6) is 0.360. The van der Waals surface area contributed by atoms with Gasteiger partial charge in [0.1, 0.15) is 0 Å². The minimum absolute atomic E-state index is 0.0717. The van der Waals surface area contributed by atoms with Crippen molar-refractivity contribution in [3.05, 3.63) is 29.8 Å². The Labute approximate surface area is 175 Å². The van der Waals surface area contributed by atoms with Gasteiger partial charge in [-0.05, 0) is 49.3 Å². The van der Waals surface area contributed by atoms with Gasteiger partial charge < -0.3 is 10.2 Å². The standard InChI is InChI=1S/C21H34N4O3S/c1-17-6-4-12-24(15-17)20-10-8-18(9-11-20)14-22-21(26)19-7-5-13-25(16-19)29(27,28)23(2)3/h8-11,17,19H,4-7,12-16H2,1-3H3,(H,22,26)/t17-,19-/m0/s1. The lowest BCUT2D eigenvalue weighted by Gasteiger charge is -2.33. The van der Waals surface area contributed by atoms with Gasteiger partial charge in [-0.2, -0.15) is 17.0 Å². The van der Waals surface area contributed by atoms with Crippen LogP contribution >= 0.6 is 0 Å². The summed E-state index contributed by atoms with van der Waals surface area (Å²) in [6.07, 6.45) is 3.96. The average molecular weight is 423 g/mol. The quantitative estimate of drug-likeness (QED) is 0.762. The number of amides is 1. The molecule has 1 aromatic carbocycles. The Hall–Kier alpha value is -1.64. The fraction of sp³-hybridized carbons (Fsp3) is 0.667. The molecule has 0 saturated carbocycles. The van der Waals surface area contributed by atoms with Crippen LogP contribution < -0.4 is 10.2 Å². The number of rotatable bonds is 6. The summed E-state index contributed by atoms with van der Waals surface area (Å²) in [7, 11) is -0.429. The molecular weight excluding hydrogens is 388 g/mol. The minimum atomic E-state index is -3.47. The Bertz CT molecular complexity index is 795. The normalized spacial score (nSPS) is 23.9. The van der Waals surface area contributed by atoms with Crippen molar-refractivity contribution < 1.29 is 13.2 Å². The van der Waals surface area contributed by atoms with Gasteiger partial charge in [0.25, 0.3) is 10.2 Å². The highest BCUT2D eigenvalue weighted by atomic mass is 32.2. The summed E-state index contributed by atoms with van der Waals surface area (Å²) in [6.45, 7) is 5.69. The van der Waals surface area contributed by atoms with Crippen LogP contribution in [-0.2, 0) is 21.5 Å². The van der Waals surface area contributed by atoms with E-state index < -0.39 is 10.2 Å². The van der Waals surface area contributed by atoms with E-state index in [0.29, 0.717) is 19.5 Å². The van der Waals surface area contributed by atoms with Crippen molar-refractivity contribution in [2.75, 3.05) is 45.2 Å². The lowest BCUT2D eigenvalue weighted by atomic mass is 9.98. The van der Waals surface area contributed by atoms with Crippen LogP contribution in [0, 0.1) is 11.8 Å². The maximum Gasteiger partial charge on any atom is 0.281 e. The number of nitrogens with one attached hydrogen (secondary N) is 1. The number of carbonyl (C=O) groups excluding carboxylic acids is 1. The van der Waals surface area contributed by atoms with Gasteiger partial charge in [-0.25, -0.2) is 0 Å². The first kappa shape index (κ1) is 22.1. The van der Waals surface area contributed by atoms with Crippen molar-refractivity contribution in [2.45, 2.75) is 39.2 Å². The number of hydrogen-bond acceptors (Lipinski definition) is 4. The second-order valence-corrected chi connectivity index (χ2v) is 10.7. The minimum Gasteiger partial charge on any atom is -0.371 e. The largest absolute Gasteiger partial charge is 0.371 e. The van der Waals surface area contributed by atoms with Crippen LogP contribution in [0.15, 0.2) is 24.3 Å². The van der Waals surface area contributed by atoms with E-state index in [2.05, 4.69) is 41.4 Å². The maximum atomic E-state index is 12.6. The lowest BCUT2D eigenvalue weighted by Crippen LogP contribution is -2.48. The van der Waals surface area contributed by atoms with E-state index in [1.807, 2.05) is 0 Å². The predicted octanol–water partition coefficient (Wildman–Crippen LogP) is 2.06. The molecule has 29 heavy (non-hydrogen) atoms. The van der Waals surface area contributed by atoms with Crippen LogP contribution in [-0.4, -0.2) is 63.2 Å². The second-order valence-electron chi connectivity index (χ2n) is 8.57. The third-order valence-electron chi connectivity index (χ3n) is 5.97. The summed E-state index contributed by atoms with van der Waals surface area (Å²) in [6, 6.07) is 8.40. The Balaban J connectivity index is 1.52. The van der Waals surface area contributed by atoms with Crippen LogP contribution in [0.2, 0.25) is 0 Å². The lowest BCUT2D eigenvalue weighted by molar-refractivity contribution is -0.126. The van der Waals surface area contributed by atoms with Crippen molar-refractivity contribution >= 4 is 21.8 Å². The molecule has 1 N–H and O–H groups in total. The molecule has 7 nitrogen and oxygen atoms in total. The summed E-state index contributed by atoms with van der Waals surface area (Å²) in [4.78, 5) is 15.0. The molecule has 162 valence electrons. The van der Waals surface area contributed by atoms with Crippen LogP contribution in [0.25, 0.3) is 0 Å². The van der Waals surface area contributed by atoms with Gasteiger partial charge >= 0.3 is 0 Å². The molecule has 0 bridgehead atoms. The molecule has 8 heteroatoms. The smallest absolute Gasteiger partial charge is 0.281 e. The highest BCUT2D eigenvalue weighted by Gasteiger charge is 2.33. The Kier molecular flexibility index (Phi) is 7.19. The van der Waals surface area contributed by atoms with E-state index in [4.69, 9.17) is 0 Å². The number of nitrogens with zero attached hydrogens (tertiary/aromatic N) is 3. The Morgan fingerprint density at radius 1 is 1.10 bits per heavy atom. The maximum absolute atomic E-state index is 12.6. The van der Waals surface area contributed by atoms with E-state index in [1.165, 1.54) is 41.2 Å². The number of carbonyl (C=O) groups is 1. The van der Waals surface area contributed by atoms with Crippen LogP contribution in [0.3, 0.4) is 0 Å². The van der Waals surface area contributed by atoms with Gasteiger partial charge in [-0.15, -0.1) is 0 Å². The molecule has 2 heterocycles. The topological polar surface area (TPSA) is 73.0 Å². The summed E-state index contributed by atoms with van der Waals surface area (Å²) >= 11 is 0. The molecule has 0 radical (unpaired) electrons. The van der Waals surface area contributed by atoms with Gasteiger partial charge in [0, 0.05) is 52.5 Å². The third kappa shape index (κ3) is 5.49. The highest BCUT2D eigenvalue weighted by Crippen LogP contribution is 2.24. The molecule has 2 aliphatic rings. The molecular formula is C21H34N4O3S. The predicted molar refractivity (Wildman–Crippen MR) is 116 cm³/mol. The molecule has 2 atom stereocenters. The third-order valence-corrected chi connectivity index (χ3v) is 7.87. The summed E-state index contributed by atoms with van der Waals surface area (Å²) in [5, 5.41) is 2.99.